The summed E-state index contributed by atoms with van der Waals surface area (Å²) in [5.41, 5.74) is 1.72. The van der Waals surface area contributed by atoms with E-state index in [-0.39, 0.29) is 24.6 Å². The fourth-order valence-electron chi connectivity index (χ4n) is 2.11. The van der Waals surface area contributed by atoms with Crippen LogP contribution >= 0.6 is 0 Å². The van der Waals surface area contributed by atoms with Gasteiger partial charge in [0, 0.05) is 38.3 Å². The van der Waals surface area contributed by atoms with Crippen LogP contribution in [-0.4, -0.2) is 30.1 Å². The van der Waals surface area contributed by atoms with E-state index in [4.69, 9.17) is 0 Å². The number of alkyl halides is 3. The predicted octanol–water partition coefficient (Wildman–Crippen LogP) is 3.51. The first-order valence-corrected chi connectivity index (χ1v) is 7.73. The van der Waals surface area contributed by atoms with Gasteiger partial charge in [0.05, 0.1) is 0 Å². The second-order valence-corrected chi connectivity index (χ2v) is 5.71. The first-order valence-electron chi connectivity index (χ1n) is 7.73. The third-order valence-corrected chi connectivity index (χ3v) is 3.43. The smallest absolute Gasteiger partial charge is 0.378 e. The molecule has 136 valence electrons. The van der Waals surface area contributed by atoms with Crippen molar-refractivity contribution in [1.82, 2.24) is 10.1 Å². The van der Waals surface area contributed by atoms with Crippen molar-refractivity contribution in [3.63, 3.8) is 0 Å². The van der Waals surface area contributed by atoms with Gasteiger partial charge < -0.3 is 14.7 Å². The summed E-state index contributed by atoms with van der Waals surface area (Å²) in [7, 11) is 3.85. The van der Waals surface area contributed by atoms with E-state index in [0.717, 1.165) is 5.69 Å². The summed E-state index contributed by atoms with van der Waals surface area (Å²) in [6, 6.07) is 7.41. The van der Waals surface area contributed by atoms with Crippen molar-refractivity contribution >= 4 is 17.3 Å². The Morgan fingerprint density at radius 3 is 2.44 bits per heavy atom. The zero-order valence-electron chi connectivity index (χ0n) is 13.9. The van der Waals surface area contributed by atoms with Crippen molar-refractivity contribution in [2.45, 2.75) is 31.9 Å². The highest BCUT2D eigenvalue weighted by atomic mass is 19.4. The second kappa shape index (κ2) is 8.00. The molecule has 2 rings (SSSR count). The van der Waals surface area contributed by atoms with E-state index in [1.807, 2.05) is 43.3 Å². The van der Waals surface area contributed by atoms with Gasteiger partial charge in [-0.05, 0) is 37.1 Å². The van der Waals surface area contributed by atoms with E-state index in [9.17, 15) is 18.0 Å². The highest BCUT2D eigenvalue weighted by molar-refractivity contribution is 5.90. The molecule has 0 radical (unpaired) electrons. The average molecular weight is 356 g/mol. The summed E-state index contributed by atoms with van der Waals surface area (Å²) in [6.45, 7) is 0. The molecular formula is C16H19F3N4O2. The van der Waals surface area contributed by atoms with Gasteiger partial charge in [-0.15, -0.1) is 0 Å². The summed E-state index contributed by atoms with van der Waals surface area (Å²) < 4.78 is 41.1. The van der Waals surface area contributed by atoms with Crippen molar-refractivity contribution in [2.24, 2.45) is 0 Å². The lowest BCUT2D eigenvalue weighted by Crippen LogP contribution is -2.12. The molecule has 0 saturated heterocycles. The van der Waals surface area contributed by atoms with Gasteiger partial charge in [0.15, 0.2) is 5.82 Å². The maximum Gasteiger partial charge on any atom is 0.471 e. The van der Waals surface area contributed by atoms with Gasteiger partial charge in [-0.2, -0.15) is 18.2 Å². The van der Waals surface area contributed by atoms with Crippen LogP contribution < -0.4 is 10.2 Å². The van der Waals surface area contributed by atoms with Crippen LogP contribution in [0.1, 0.15) is 31.0 Å². The Kier molecular flexibility index (Phi) is 6.00. The first kappa shape index (κ1) is 18.8. The molecule has 1 aromatic heterocycles. The minimum atomic E-state index is -4.63. The lowest BCUT2D eigenvalue weighted by molar-refractivity contribution is -0.159. The number of anilines is 2. The van der Waals surface area contributed by atoms with Crippen LogP contribution in [0.25, 0.3) is 0 Å². The lowest BCUT2D eigenvalue weighted by Gasteiger charge is -2.13. The fourth-order valence-corrected chi connectivity index (χ4v) is 2.11. The Morgan fingerprint density at radius 1 is 1.20 bits per heavy atom. The fraction of sp³-hybridized carbons (Fsp3) is 0.438. The molecule has 0 spiro atoms. The van der Waals surface area contributed by atoms with Crippen LogP contribution in [0, 0.1) is 0 Å². The molecule has 1 heterocycles. The molecule has 0 aliphatic carbocycles. The van der Waals surface area contributed by atoms with Gasteiger partial charge in [0.25, 0.3) is 0 Å². The molecule has 0 atom stereocenters. The molecule has 9 heteroatoms. The number of nitrogens with one attached hydrogen (secondary N) is 1. The summed E-state index contributed by atoms with van der Waals surface area (Å²) in [6.07, 6.45) is -3.14. The maximum atomic E-state index is 12.3. The Morgan fingerprint density at radius 2 is 1.88 bits per heavy atom. The van der Waals surface area contributed by atoms with E-state index in [1.54, 1.807) is 0 Å². The monoisotopic (exact) mass is 356 g/mol. The molecule has 0 bridgehead atoms. The van der Waals surface area contributed by atoms with E-state index < -0.39 is 12.1 Å². The lowest BCUT2D eigenvalue weighted by atomic mass is 10.2. The van der Waals surface area contributed by atoms with Crippen molar-refractivity contribution < 1.29 is 22.5 Å². The zero-order chi connectivity index (χ0) is 18.4. The highest BCUT2D eigenvalue weighted by Gasteiger charge is 2.38. The number of aryl methyl sites for hydroxylation is 1. The number of hydrogen-bond acceptors (Lipinski definition) is 5. The molecule has 1 N–H and O–H groups in total. The van der Waals surface area contributed by atoms with E-state index >= 15 is 0 Å². The number of carbonyl (C=O) groups excluding carboxylic acids is 1. The minimum Gasteiger partial charge on any atom is -0.378 e. The van der Waals surface area contributed by atoms with Crippen molar-refractivity contribution in [3.8, 4) is 0 Å². The average Bonchev–Trinajstić information content (AvgIpc) is 3.01. The van der Waals surface area contributed by atoms with Crippen LogP contribution in [-0.2, 0) is 17.4 Å². The normalized spacial score (nSPS) is 11.4. The molecule has 0 aliphatic rings. The number of unbranched alkanes of at least 4 members (excludes halogenated alkanes) is 1. The number of aromatic nitrogens is 2. The standard InChI is InChI=1S/C16H19F3N4O2/c1-23(2)12-9-7-11(8-10-12)20-14(24)6-4-3-5-13-21-15(25-22-13)16(17,18)19/h7-10H,3-6H2,1-2H3,(H,20,24). The number of hydrogen-bond donors (Lipinski definition) is 1. The maximum absolute atomic E-state index is 12.3. The molecule has 6 nitrogen and oxygen atoms in total. The summed E-state index contributed by atoms with van der Waals surface area (Å²) in [5.74, 6) is -1.50. The van der Waals surface area contributed by atoms with Gasteiger partial charge in [-0.25, -0.2) is 0 Å². The van der Waals surface area contributed by atoms with Gasteiger partial charge >= 0.3 is 12.1 Å². The number of benzene rings is 1. The molecule has 0 fully saturated rings. The topological polar surface area (TPSA) is 71.3 Å². The number of carbonyl (C=O) groups is 1. The van der Waals surface area contributed by atoms with Crippen LogP contribution in [0.4, 0.5) is 24.5 Å². The molecule has 2 aromatic rings. The van der Waals surface area contributed by atoms with Crippen LogP contribution in [0.2, 0.25) is 0 Å². The number of nitrogens with zero attached hydrogens (tertiary/aromatic N) is 3. The third kappa shape index (κ3) is 5.77. The SMILES string of the molecule is CN(C)c1ccc(NC(=O)CCCCc2noc(C(F)(F)F)n2)cc1. The quantitative estimate of drug-likeness (QED) is 0.769. The Labute approximate surface area is 143 Å². The van der Waals surface area contributed by atoms with Crippen molar-refractivity contribution in [2.75, 3.05) is 24.3 Å². The van der Waals surface area contributed by atoms with E-state index in [2.05, 4.69) is 20.0 Å². The van der Waals surface area contributed by atoms with E-state index in [1.165, 1.54) is 0 Å². The molecular weight excluding hydrogens is 337 g/mol. The molecule has 25 heavy (non-hydrogen) atoms. The Balaban J connectivity index is 1.71. The zero-order valence-corrected chi connectivity index (χ0v) is 13.9. The molecule has 1 amide bonds. The minimum absolute atomic E-state index is 0.00740. The van der Waals surface area contributed by atoms with Gasteiger partial charge in [0.2, 0.25) is 5.91 Å². The van der Waals surface area contributed by atoms with Gasteiger partial charge in [-0.1, -0.05) is 5.16 Å². The summed E-state index contributed by atoms with van der Waals surface area (Å²) in [4.78, 5) is 17.1. The Hall–Kier alpha value is -2.58. The van der Waals surface area contributed by atoms with Crippen LogP contribution in [0.5, 0.6) is 0 Å². The van der Waals surface area contributed by atoms with Gasteiger partial charge in [0.1, 0.15) is 0 Å². The summed E-state index contributed by atoms with van der Waals surface area (Å²) >= 11 is 0. The van der Waals surface area contributed by atoms with E-state index in [0.29, 0.717) is 18.5 Å². The number of rotatable bonds is 7. The number of halogens is 3. The van der Waals surface area contributed by atoms with Crippen molar-refractivity contribution in [1.29, 1.82) is 0 Å². The summed E-state index contributed by atoms with van der Waals surface area (Å²) in [5, 5.41) is 6.05. The highest BCUT2D eigenvalue weighted by Crippen LogP contribution is 2.27. The molecule has 0 unspecified atom stereocenters. The number of amides is 1. The van der Waals surface area contributed by atoms with Gasteiger partial charge in [-0.3, -0.25) is 4.79 Å². The van der Waals surface area contributed by atoms with Crippen LogP contribution in [0.3, 0.4) is 0 Å². The molecule has 1 aromatic carbocycles. The molecule has 0 saturated carbocycles. The predicted molar refractivity (Wildman–Crippen MR) is 86.3 cm³/mol. The first-order chi connectivity index (χ1) is 11.8. The Bertz CT molecular complexity index is 696. The molecule has 0 aliphatic heterocycles. The van der Waals surface area contributed by atoms with Crippen LogP contribution in [0.15, 0.2) is 28.8 Å². The van der Waals surface area contributed by atoms with Crippen molar-refractivity contribution in [3.05, 3.63) is 36.0 Å². The third-order valence-electron chi connectivity index (χ3n) is 3.43. The largest absolute Gasteiger partial charge is 0.471 e. The second-order valence-electron chi connectivity index (χ2n) is 5.71.